The lowest BCUT2D eigenvalue weighted by molar-refractivity contribution is -0.823. The topological polar surface area (TPSA) is 214 Å². The minimum Gasteiger partial charge on any atom is -0.505 e. The van der Waals surface area contributed by atoms with Crippen LogP contribution in [0.15, 0.2) is 63.6 Å². The Kier molecular flexibility index (Phi) is 16.6. The SMILES string of the molecule is CO[C@H]1/C=C/O[C@@]2(C)Oc3c(C)c(=O)c4c(O)c(c5oc6cc(OCCNCCOCC[N+]7(C(C)C)CC7)ccc6nc5c4c3C2=O)NC(=O)/C(C)=C\C=C\[C@H](C)[C@H](O)[C@@H](C)[C@@H](C)[C@@H](C)[C@H](OC(C)=O)[C@@H]1C. The van der Waals surface area contributed by atoms with Gasteiger partial charge in [0, 0.05) is 68.5 Å². The number of methoxy groups -OCH3 is 1. The number of rotatable bonds is 13. The number of esters is 1. The van der Waals surface area contributed by atoms with Gasteiger partial charge in [0.2, 0.25) is 0 Å². The molecule has 390 valence electrons. The summed E-state index contributed by atoms with van der Waals surface area (Å²) in [6.45, 7) is 26.3. The molecule has 0 saturated carbocycles. The van der Waals surface area contributed by atoms with Crippen LogP contribution in [0, 0.1) is 36.5 Å². The van der Waals surface area contributed by atoms with Crippen molar-refractivity contribution in [2.45, 2.75) is 106 Å². The molecule has 0 aliphatic carbocycles. The Morgan fingerprint density at radius 3 is 2.39 bits per heavy atom. The quantitative estimate of drug-likeness (QED) is 0.0194. The second kappa shape index (κ2) is 22.1. The molecule has 4 bridgehead atoms. The molecule has 3 aliphatic rings. The minimum absolute atomic E-state index is 0.00715. The number of ether oxygens (including phenoxy) is 6. The van der Waals surface area contributed by atoms with Crippen molar-refractivity contribution in [2.75, 3.05) is 65.0 Å². The van der Waals surface area contributed by atoms with Gasteiger partial charge in [-0.05, 0) is 63.7 Å². The number of anilines is 1. The standard InChI is InChI=1S/C55H72N4O13/c1-29(2)59(21-22-59)23-27-67-25-19-56-20-26-68-38-16-17-39-41(28-38)71-52-45(57-39)42-43-48(62)36(9)51-44(42)53(64)55(11,72-51)69-24-18-40(66-12)35(8)50(70-37(10)60)34(7)32(5)33(6)47(61)30(3)14-13-15-31(4)54(65)58-46(52)49(43)63/h13-18,24,28-30,32-35,40,47,50,56,61H,19-23,25-27H2,1-12H3,(H-,57,58,62,63,64,65)/p+1/b14-13+,24-18+,31-15-/t30-,32+,33-,34+,35+,40-,47-,50-,55-/m0/s1. The van der Waals surface area contributed by atoms with Gasteiger partial charge in [0.25, 0.3) is 11.7 Å². The zero-order valence-corrected chi connectivity index (χ0v) is 43.8. The van der Waals surface area contributed by atoms with Crippen molar-refractivity contribution in [2.24, 2.45) is 29.6 Å². The van der Waals surface area contributed by atoms with Gasteiger partial charge < -0.3 is 58.2 Å². The number of ketones is 1. The number of allylic oxidation sites excluding steroid dienone is 2. The van der Waals surface area contributed by atoms with E-state index in [-0.39, 0.29) is 79.3 Å². The maximum absolute atomic E-state index is 14.8. The monoisotopic (exact) mass is 998 g/mol. The molecule has 0 spiro atoms. The third kappa shape index (κ3) is 10.9. The molecule has 4 heterocycles. The normalized spacial score (nSPS) is 28.4. The van der Waals surface area contributed by atoms with Crippen LogP contribution in [0.5, 0.6) is 17.2 Å². The minimum atomic E-state index is -2.02. The number of benzene rings is 3. The molecular weight excluding hydrogens is 925 g/mol. The van der Waals surface area contributed by atoms with Crippen molar-refractivity contribution in [3.05, 3.63) is 75.7 Å². The molecular formula is C55H73N4O13+. The first-order valence-corrected chi connectivity index (χ1v) is 25.1. The van der Waals surface area contributed by atoms with E-state index in [1.165, 1.54) is 47.2 Å². The van der Waals surface area contributed by atoms with E-state index in [1.807, 2.05) is 34.6 Å². The Bertz CT molecular complexity index is 2850. The van der Waals surface area contributed by atoms with Crippen molar-refractivity contribution in [3.63, 3.8) is 0 Å². The Morgan fingerprint density at radius 2 is 1.71 bits per heavy atom. The number of amides is 1. The van der Waals surface area contributed by atoms with E-state index in [2.05, 4.69) is 24.5 Å². The number of hydrogen-bond donors (Lipinski definition) is 4. The molecule has 7 rings (SSSR count). The van der Waals surface area contributed by atoms with Gasteiger partial charge in [-0.3, -0.25) is 19.2 Å². The Hall–Kier alpha value is -5.85. The second-order valence-corrected chi connectivity index (χ2v) is 20.4. The fourth-order valence-electron chi connectivity index (χ4n) is 10.1. The van der Waals surface area contributed by atoms with Crippen molar-refractivity contribution < 1.29 is 61.9 Å². The lowest BCUT2D eigenvalue weighted by Gasteiger charge is -2.39. The summed E-state index contributed by atoms with van der Waals surface area (Å²) in [4.78, 5) is 60.8. The molecule has 4 N–H and O–H groups in total. The number of nitrogens with one attached hydrogen (secondary N) is 2. The second-order valence-electron chi connectivity index (χ2n) is 20.4. The highest BCUT2D eigenvalue weighted by molar-refractivity contribution is 6.26. The predicted octanol–water partition coefficient (Wildman–Crippen LogP) is 7.50. The Labute approximate surface area is 421 Å². The molecule has 1 aromatic heterocycles. The van der Waals surface area contributed by atoms with Gasteiger partial charge in [0.05, 0.1) is 48.7 Å². The van der Waals surface area contributed by atoms with E-state index in [0.29, 0.717) is 43.6 Å². The maximum atomic E-state index is 14.8. The number of aliphatic hydroxyl groups excluding tert-OH is 1. The van der Waals surface area contributed by atoms with Gasteiger partial charge in [-0.1, -0.05) is 52.8 Å². The number of Topliss-reactive ketones (excluding diaryl/α,β-unsaturated/α-hetero) is 1. The molecule has 1 saturated heterocycles. The van der Waals surface area contributed by atoms with Crippen LogP contribution in [-0.2, 0) is 28.5 Å². The number of nitrogens with zero attached hydrogens (tertiary/aromatic N) is 2. The van der Waals surface area contributed by atoms with Gasteiger partial charge >= 0.3 is 11.8 Å². The highest BCUT2D eigenvalue weighted by Crippen LogP contribution is 2.48. The summed E-state index contributed by atoms with van der Waals surface area (Å²) in [6.07, 6.45) is 5.75. The van der Waals surface area contributed by atoms with E-state index < -0.39 is 58.9 Å². The summed E-state index contributed by atoms with van der Waals surface area (Å²) >= 11 is 0. The molecule has 17 nitrogen and oxygen atoms in total. The molecule has 4 aromatic rings. The van der Waals surface area contributed by atoms with Crippen molar-refractivity contribution in [1.82, 2.24) is 10.3 Å². The number of aromatic hydroxyl groups is 1. The number of aromatic nitrogens is 1. The Balaban J connectivity index is 1.27. The number of hydrogen-bond acceptors (Lipinski definition) is 15. The molecule has 17 heteroatoms. The van der Waals surface area contributed by atoms with E-state index in [1.54, 1.807) is 49.4 Å². The summed E-state index contributed by atoms with van der Waals surface area (Å²) in [7, 11) is 1.51. The van der Waals surface area contributed by atoms with E-state index in [9.17, 15) is 29.4 Å². The largest absolute Gasteiger partial charge is 0.505 e. The summed E-state index contributed by atoms with van der Waals surface area (Å²) in [6, 6.07) is 5.64. The first-order valence-electron chi connectivity index (χ1n) is 25.1. The van der Waals surface area contributed by atoms with Crippen LogP contribution in [-0.4, -0.2) is 127 Å². The average molecular weight is 998 g/mol. The van der Waals surface area contributed by atoms with Gasteiger partial charge in [-0.2, -0.15) is 0 Å². The summed E-state index contributed by atoms with van der Waals surface area (Å²) in [5, 5.41) is 29.6. The third-order valence-corrected chi connectivity index (χ3v) is 15.4. The number of aliphatic hydroxyl groups is 1. The maximum Gasteiger partial charge on any atom is 0.312 e. The van der Waals surface area contributed by atoms with Gasteiger partial charge in [0.15, 0.2) is 22.3 Å². The zero-order valence-electron chi connectivity index (χ0n) is 43.8. The average Bonchev–Trinajstić information content (AvgIpc) is 4.10. The number of carbonyl (C=O) groups excluding carboxylic acids is 3. The lowest BCUT2D eigenvalue weighted by Crippen LogP contribution is -2.43. The van der Waals surface area contributed by atoms with E-state index >= 15 is 0 Å². The molecule has 9 atom stereocenters. The summed E-state index contributed by atoms with van der Waals surface area (Å²) in [5.41, 5.74) is -0.353. The number of phenolic OH excluding ortho intramolecular Hbond substituents is 1. The molecule has 3 aromatic carbocycles. The van der Waals surface area contributed by atoms with Gasteiger partial charge in [0.1, 0.15) is 60.6 Å². The zero-order chi connectivity index (χ0) is 52.4. The van der Waals surface area contributed by atoms with Crippen LogP contribution in [0.25, 0.3) is 33.0 Å². The number of fused-ring (bicyclic) bond motifs is 2. The summed E-state index contributed by atoms with van der Waals surface area (Å²) in [5.74, 6) is -5.52. The van der Waals surface area contributed by atoms with Crippen molar-refractivity contribution in [1.29, 1.82) is 0 Å². The van der Waals surface area contributed by atoms with Crippen LogP contribution >= 0.6 is 0 Å². The first kappa shape index (κ1) is 53.9. The van der Waals surface area contributed by atoms with Crippen LogP contribution in [0.3, 0.4) is 0 Å². The fraction of sp³-hybridized carbons (Fsp3) is 0.545. The number of quaternary nitrogens is 1. The lowest BCUT2D eigenvalue weighted by atomic mass is 9.73. The molecule has 0 radical (unpaired) electrons. The smallest absolute Gasteiger partial charge is 0.312 e. The highest BCUT2D eigenvalue weighted by Gasteiger charge is 2.50. The highest BCUT2D eigenvalue weighted by atomic mass is 16.7. The molecule has 1 fully saturated rings. The molecule has 72 heavy (non-hydrogen) atoms. The van der Waals surface area contributed by atoms with Crippen molar-refractivity contribution >= 4 is 56.3 Å². The molecule has 0 unspecified atom stereocenters. The number of carbonyl (C=O) groups is 3. The van der Waals surface area contributed by atoms with Crippen molar-refractivity contribution in [3.8, 4) is 17.2 Å². The van der Waals surface area contributed by atoms with Crippen LogP contribution in [0.4, 0.5) is 5.69 Å². The Morgan fingerprint density at radius 1 is 0.986 bits per heavy atom. The van der Waals surface area contributed by atoms with Crippen LogP contribution < -0.4 is 25.5 Å². The van der Waals surface area contributed by atoms with E-state index in [4.69, 9.17) is 37.8 Å². The van der Waals surface area contributed by atoms with Crippen LogP contribution in [0.2, 0.25) is 0 Å². The molecule has 3 aliphatic heterocycles. The first-order chi connectivity index (χ1) is 34.1. The number of phenols is 1. The van der Waals surface area contributed by atoms with Crippen LogP contribution in [0.1, 0.15) is 85.2 Å². The van der Waals surface area contributed by atoms with E-state index in [0.717, 1.165) is 17.6 Å². The van der Waals surface area contributed by atoms with Gasteiger partial charge in [-0.15, -0.1) is 0 Å². The molecule has 1 amide bonds. The summed E-state index contributed by atoms with van der Waals surface area (Å²) < 4.78 is 43.9. The third-order valence-electron chi connectivity index (χ3n) is 15.4. The van der Waals surface area contributed by atoms with Gasteiger partial charge in [-0.25, -0.2) is 4.98 Å². The predicted molar refractivity (Wildman–Crippen MR) is 274 cm³/mol. The fourth-order valence-corrected chi connectivity index (χ4v) is 10.1.